The fraction of sp³-hybridized carbons (Fsp3) is 0.400. The van der Waals surface area contributed by atoms with Gasteiger partial charge in [-0.1, -0.05) is 13.8 Å². The monoisotopic (exact) mass is 270 g/mol. The molecule has 5 heteroatoms. The Balaban J connectivity index is 0.000000531. The molecule has 0 fully saturated rings. The normalized spacial score (nSPS) is 9.93. The van der Waals surface area contributed by atoms with E-state index in [0.717, 1.165) is 21.2 Å². The van der Waals surface area contributed by atoms with E-state index in [-0.39, 0.29) is 0 Å². The van der Waals surface area contributed by atoms with Crippen LogP contribution in [0, 0.1) is 6.92 Å². The molecule has 0 unspecified atom stereocenters. The van der Waals surface area contributed by atoms with Crippen LogP contribution in [0.4, 0.5) is 5.82 Å². The summed E-state index contributed by atoms with van der Waals surface area (Å²) in [5.74, 6) is 0.514. The molecule has 15 heavy (non-hydrogen) atoms. The van der Waals surface area contributed by atoms with Crippen LogP contribution in [0.2, 0.25) is 0 Å². The van der Waals surface area contributed by atoms with Crippen LogP contribution in [0.3, 0.4) is 0 Å². The molecule has 2 aromatic heterocycles. The number of halogens is 1. The average Bonchev–Trinajstić information content (AvgIpc) is 2.48. The van der Waals surface area contributed by atoms with Crippen LogP contribution in [0.15, 0.2) is 10.8 Å². The summed E-state index contributed by atoms with van der Waals surface area (Å²) in [7, 11) is 1.95. The third kappa shape index (κ3) is 1.84. The summed E-state index contributed by atoms with van der Waals surface area (Å²) in [6, 6.07) is 0. The molecule has 0 saturated carbocycles. The molecular formula is C10H15BrN4. The highest BCUT2D eigenvalue weighted by Crippen LogP contribution is 2.30. The van der Waals surface area contributed by atoms with Crippen molar-refractivity contribution in [2.75, 3.05) is 5.73 Å². The quantitative estimate of drug-likeness (QED) is 0.801. The Morgan fingerprint density at radius 3 is 2.47 bits per heavy atom. The van der Waals surface area contributed by atoms with Crippen molar-refractivity contribution in [2.45, 2.75) is 20.8 Å². The summed E-state index contributed by atoms with van der Waals surface area (Å²) >= 11 is 3.47. The zero-order valence-electron chi connectivity index (χ0n) is 9.37. The van der Waals surface area contributed by atoms with Crippen LogP contribution < -0.4 is 5.73 Å². The molecule has 4 nitrogen and oxygen atoms in total. The number of nitrogens with two attached hydrogens (primary N) is 1. The summed E-state index contributed by atoms with van der Waals surface area (Å²) in [5.41, 5.74) is 7.70. The third-order valence-corrected chi connectivity index (χ3v) is 3.18. The molecule has 0 aliphatic carbocycles. The maximum Gasteiger partial charge on any atom is 0.146 e. The van der Waals surface area contributed by atoms with Crippen molar-refractivity contribution in [3.05, 3.63) is 16.5 Å². The predicted molar refractivity (Wildman–Crippen MR) is 66.7 cm³/mol. The number of nitrogens with zero attached hydrogens (tertiary/aromatic N) is 3. The molecule has 82 valence electrons. The smallest absolute Gasteiger partial charge is 0.146 e. The molecule has 0 radical (unpaired) electrons. The van der Waals surface area contributed by atoms with E-state index < -0.39 is 0 Å². The molecule has 0 spiro atoms. The Bertz CT molecular complexity index is 476. The second kappa shape index (κ2) is 4.61. The van der Waals surface area contributed by atoms with Gasteiger partial charge < -0.3 is 10.3 Å². The lowest BCUT2D eigenvalue weighted by Crippen LogP contribution is -1.95. The summed E-state index contributed by atoms with van der Waals surface area (Å²) in [6.45, 7) is 6.01. The van der Waals surface area contributed by atoms with Crippen LogP contribution in [0.1, 0.15) is 19.5 Å². The van der Waals surface area contributed by atoms with Gasteiger partial charge >= 0.3 is 0 Å². The van der Waals surface area contributed by atoms with Gasteiger partial charge in [-0.2, -0.15) is 0 Å². The highest BCUT2D eigenvalue weighted by atomic mass is 79.9. The first-order valence-corrected chi connectivity index (χ1v) is 5.63. The Labute approximate surface area is 97.6 Å². The van der Waals surface area contributed by atoms with Gasteiger partial charge in [0.25, 0.3) is 0 Å². The molecule has 0 atom stereocenters. The fourth-order valence-electron chi connectivity index (χ4n) is 1.34. The van der Waals surface area contributed by atoms with E-state index in [1.54, 1.807) is 0 Å². The molecule has 0 amide bonds. The molecule has 0 aromatic carbocycles. The Kier molecular flexibility index (Phi) is 3.68. The van der Waals surface area contributed by atoms with Gasteiger partial charge in [0.2, 0.25) is 0 Å². The van der Waals surface area contributed by atoms with E-state index in [1.165, 1.54) is 6.33 Å². The predicted octanol–water partition coefficient (Wildman–Crippen LogP) is 2.65. The molecule has 0 saturated heterocycles. The number of fused-ring (bicyclic) bond motifs is 1. The van der Waals surface area contributed by atoms with Crippen molar-refractivity contribution in [2.24, 2.45) is 7.05 Å². The lowest BCUT2D eigenvalue weighted by molar-refractivity contribution is 0.896. The number of aromatic nitrogens is 3. The van der Waals surface area contributed by atoms with Gasteiger partial charge in [-0.25, -0.2) is 9.97 Å². The SMILES string of the molecule is CC.Cc1c(Br)c2c(N)ncnc2n1C. The first-order valence-electron chi connectivity index (χ1n) is 4.84. The Hall–Kier alpha value is -1.10. The van der Waals surface area contributed by atoms with E-state index >= 15 is 0 Å². The number of hydrogen-bond donors (Lipinski definition) is 1. The van der Waals surface area contributed by atoms with E-state index in [0.29, 0.717) is 5.82 Å². The maximum atomic E-state index is 5.74. The first-order chi connectivity index (χ1) is 7.13. The summed E-state index contributed by atoms with van der Waals surface area (Å²) in [6.07, 6.45) is 1.48. The Morgan fingerprint density at radius 2 is 1.93 bits per heavy atom. The van der Waals surface area contributed by atoms with Crippen LogP contribution in [0.5, 0.6) is 0 Å². The summed E-state index contributed by atoms with van der Waals surface area (Å²) < 4.78 is 2.96. The zero-order chi connectivity index (χ0) is 11.6. The molecule has 0 bridgehead atoms. The van der Waals surface area contributed by atoms with Crippen LogP contribution >= 0.6 is 15.9 Å². The van der Waals surface area contributed by atoms with Crippen molar-refractivity contribution in [1.29, 1.82) is 0 Å². The lowest BCUT2D eigenvalue weighted by Gasteiger charge is -1.96. The van der Waals surface area contributed by atoms with Crippen molar-refractivity contribution in [3.63, 3.8) is 0 Å². The van der Waals surface area contributed by atoms with Crippen molar-refractivity contribution in [1.82, 2.24) is 14.5 Å². The molecule has 2 aromatic rings. The zero-order valence-corrected chi connectivity index (χ0v) is 11.0. The van der Waals surface area contributed by atoms with Gasteiger partial charge in [-0.3, -0.25) is 0 Å². The third-order valence-electron chi connectivity index (χ3n) is 2.21. The standard InChI is InChI=1S/C8H9BrN4.C2H6/c1-4-6(9)5-7(10)11-3-12-8(5)13(4)2;1-2/h3H,1-2H3,(H2,10,11,12);1-2H3. The van der Waals surface area contributed by atoms with Crippen molar-refractivity contribution >= 4 is 32.8 Å². The number of rotatable bonds is 0. The molecule has 2 rings (SSSR count). The summed E-state index contributed by atoms with van der Waals surface area (Å²) in [5, 5.41) is 0.891. The molecule has 2 heterocycles. The van der Waals surface area contributed by atoms with E-state index in [1.807, 2.05) is 32.4 Å². The molecule has 2 N–H and O–H groups in total. The number of aryl methyl sites for hydroxylation is 1. The van der Waals surface area contributed by atoms with Gasteiger partial charge in [0, 0.05) is 12.7 Å². The topological polar surface area (TPSA) is 56.7 Å². The van der Waals surface area contributed by atoms with Gasteiger partial charge in [0.1, 0.15) is 17.8 Å². The van der Waals surface area contributed by atoms with Gasteiger partial charge in [0.05, 0.1) is 9.86 Å². The number of hydrogen-bond acceptors (Lipinski definition) is 3. The fourth-order valence-corrected chi connectivity index (χ4v) is 1.99. The largest absolute Gasteiger partial charge is 0.383 e. The van der Waals surface area contributed by atoms with E-state index in [4.69, 9.17) is 5.73 Å². The number of nitrogen functional groups attached to an aromatic ring is 1. The highest BCUT2D eigenvalue weighted by molar-refractivity contribution is 9.10. The van der Waals surface area contributed by atoms with Crippen LogP contribution in [-0.4, -0.2) is 14.5 Å². The van der Waals surface area contributed by atoms with Gasteiger partial charge in [0.15, 0.2) is 0 Å². The molecule has 0 aliphatic heterocycles. The Morgan fingerprint density at radius 1 is 1.33 bits per heavy atom. The maximum absolute atomic E-state index is 5.74. The summed E-state index contributed by atoms with van der Waals surface area (Å²) in [4.78, 5) is 8.11. The second-order valence-corrected chi connectivity index (χ2v) is 3.71. The molecule has 0 aliphatic rings. The molecular weight excluding hydrogens is 256 g/mol. The van der Waals surface area contributed by atoms with Gasteiger partial charge in [-0.05, 0) is 22.9 Å². The van der Waals surface area contributed by atoms with E-state index in [2.05, 4.69) is 25.9 Å². The lowest BCUT2D eigenvalue weighted by atomic mass is 10.3. The highest BCUT2D eigenvalue weighted by Gasteiger charge is 2.13. The van der Waals surface area contributed by atoms with Crippen molar-refractivity contribution < 1.29 is 0 Å². The minimum Gasteiger partial charge on any atom is -0.383 e. The average molecular weight is 271 g/mol. The van der Waals surface area contributed by atoms with Gasteiger partial charge in [-0.15, -0.1) is 0 Å². The van der Waals surface area contributed by atoms with Crippen LogP contribution in [-0.2, 0) is 7.05 Å². The van der Waals surface area contributed by atoms with Crippen molar-refractivity contribution in [3.8, 4) is 0 Å². The second-order valence-electron chi connectivity index (χ2n) is 2.92. The minimum atomic E-state index is 0.514. The number of anilines is 1. The minimum absolute atomic E-state index is 0.514. The van der Waals surface area contributed by atoms with Crippen LogP contribution in [0.25, 0.3) is 11.0 Å². The van der Waals surface area contributed by atoms with E-state index in [9.17, 15) is 0 Å². The first kappa shape index (κ1) is 12.0.